The highest BCUT2D eigenvalue weighted by molar-refractivity contribution is 5.80. The Kier molecular flexibility index (Phi) is 6.24. The molecule has 6 nitrogen and oxygen atoms in total. The summed E-state index contributed by atoms with van der Waals surface area (Å²) in [5.74, 6) is 0.134. The lowest BCUT2D eigenvalue weighted by Crippen LogP contribution is -2.42. The lowest BCUT2D eigenvalue weighted by Gasteiger charge is -2.25. The normalized spacial score (nSPS) is 11.3. The highest BCUT2D eigenvalue weighted by atomic mass is 16.4. The van der Waals surface area contributed by atoms with E-state index in [9.17, 15) is 4.79 Å². The van der Waals surface area contributed by atoms with Crippen LogP contribution in [0.2, 0.25) is 0 Å². The number of carbonyl (C=O) groups excluding carboxylic acids is 1. The summed E-state index contributed by atoms with van der Waals surface area (Å²) in [6, 6.07) is -0.0364. The lowest BCUT2D eigenvalue weighted by atomic mass is 10.4. The number of nitrogens with two attached hydrogens (primary N) is 1. The molecule has 0 saturated carbocycles. The van der Waals surface area contributed by atoms with E-state index in [1.165, 1.54) is 0 Å². The van der Waals surface area contributed by atoms with Crippen LogP contribution < -0.4 is 5.73 Å². The molecule has 0 aliphatic heterocycles. The van der Waals surface area contributed by atoms with Crippen LogP contribution in [-0.4, -0.2) is 53.6 Å². The quantitative estimate of drug-likeness (QED) is 0.304. The van der Waals surface area contributed by atoms with Crippen LogP contribution in [-0.2, 0) is 0 Å². The van der Waals surface area contributed by atoms with Gasteiger partial charge in [-0.25, -0.2) is 4.79 Å². The van der Waals surface area contributed by atoms with Crippen molar-refractivity contribution in [3.63, 3.8) is 0 Å². The number of amides is 2. The molecule has 0 unspecified atom stereocenters. The minimum absolute atomic E-state index is 0.0364. The van der Waals surface area contributed by atoms with Gasteiger partial charge in [-0.05, 0) is 13.8 Å². The van der Waals surface area contributed by atoms with Crippen molar-refractivity contribution in [3.05, 3.63) is 0 Å². The van der Waals surface area contributed by atoms with Crippen molar-refractivity contribution in [2.24, 2.45) is 10.9 Å². The number of rotatable bonds is 5. The molecular formula is C9H20N4O2. The topological polar surface area (TPSA) is 82.2 Å². The van der Waals surface area contributed by atoms with E-state index >= 15 is 0 Å². The zero-order valence-electron chi connectivity index (χ0n) is 9.60. The molecule has 88 valence electrons. The first-order valence-electron chi connectivity index (χ1n) is 5.03. The summed E-state index contributed by atoms with van der Waals surface area (Å²) in [5, 5.41) is 11.2. The van der Waals surface area contributed by atoms with Crippen LogP contribution in [0.4, 0.5) is 4.79 Å². The van der Waals surface area contributed by atoms with Crippen molar-refractivity contribution in [2.45, 2.75) is 20.3 Å². The summed E-state index contributed by atoms with van der Waals surface area (Å²) >= 11 is 0. The van der Waals surface area contributed by atoms with Crippen molar-refractivity contribution >= 4 is 11.9 Å². The van der Waals surface area contributed by atoms with Crippen molar-refractivity contribution in [2.75, 3.05) is 26.7 Å². The van der Waals surface area contributed by atoms with Gasteiger partial charge in [-0.2, -0.15) is 0 Å². The van der Waals surface area contributed by atoms with E-state index in [0.29, 0.717) is 26.1 Å². The number of nitrogens with zero attached hydrogens (tertiary/aromatic N) is 3. The molecule has 0 heterocycles. The molecule has 0 rings (SSSR count). The summed E-state index contributed by atoms with van der Waals surface area (Å²) in [5.41, 5.74) is 5.31. The van der Waals surface area contributed by atoms with Gasteiger partial charge in [0.1, 0.15) is 5.84 Å². The minimum Gasteiger partial charge on any atom is -0.409 e. The third kappa shape index (κ3) is 4.53. The van der Waals surface area contributed by atoms with E-state index < -0.39 is 0 Å². The number of carbonyl (C=O) groups is 1. The average Bonchev–Trinajstić information content (AvgIpc) is 2.26. The maximum Gasteiger partial charge on any atom is 0.319 e. The number of urea groups is 1. The number of hydrogen-bond acceptors (Lipinski definition) is 3. The molecule has 0 spiro atoms. The molecule has 2 amide bonds. The molecule has 0 aromatic carbocycles. The molecular weight excluding hydrogens is 196 g/mol. The highest BCUT2D eigenvalue weighted by Crippen LogP contribution is 1.97. The zero-order valence-corrected chi connectivity index (χ0v) is 9.60. The second-order valence-electron chi connectivity index (χ2n) is 3.22. The van der Waals surface area contributed by atoms with Gasteiger partial charge in [0.15, 0.2) is 0 Å². The Morgan fingerprint density at radius 3 is 2.33 bits per heavy atom. The molecule has 0 fully saturated rings. The summed E-state index contributed by atoms with van der Waals surface area (Å²) in [4.78, 5) is 15.0. The van der Waals surface area contributed by atoms with Crippen LogP contribution in [0.15, 0.2) is 5.16 Å². The first-order chi connectivity index (χ1) is 7.06. The lowest BCUT2D eigenvalue weighted by molar-refractivity contribution is 0.168. The Bertz CT molecular complexity index is 226. The van der Waals surface area contributed by atoms with E-state index in [2.05, 4.69) is 5.16 Å². The van der Waals surface area contributed by atoms with Gasteiger partial charge in [0.2, 0.25) is 0 Å². The Morgan fingerprint density at radius 1 is 1.40 bits per heavy atom. The molecule has 3 N–H and O–H groups in total. The third-order valence-corrected chi connectivity index (χ3v) is 2.19. The van der Waals surface area contributed by atoms with Gasteiger partial charge in [0.05, 0.1) is 0 Å². The Labute approximate surface area is 90.3 Å². The van der Waals surface area contributed by atoms with E-state index in [1.54, 1.807) is 16.8 Å². The summed E-state index contributed by atoms with van der Waals surface area (Å²) in [7, 11) is 1.70. The summed E-state index contributed by atoms with van der Waals surface area (Å²) < 4.78 is 0. The Hall–Kier alpha value is -1.46. The number of hydrogen-bond donors (Lipinski definition) is 2. The molecule has 15 heavy (non-hydrogen) atoms. The molecule has 0 aromatic heterocycles. The van der Waals surface area contributed by atoms with Crippen LogP contribution >= 0.6 is 0 Å². The van der Waals surface area contributed by atoms with E-state index in [-0.39, 0.29) is 11.9 Å². The van der Waals surface area contributed by atoms with Crippen molar-refractivity contribution in [1.29, 1.82) is 0 Å². The predicted molar refractivity (Wildman–Crippen MR) is 59.0 cm³/mol. The first kappa shape index (κ1) is 13.5. The maximum atomic E-state index is 11.7. The van der Waals surface area contributed by atoms with Crippen molar-refractivity contribution < 1.29 is 10.0 Å². The van der Waals surface area contributed by atoms with Gasteiger partial charge in [-0.15, -0.1) is 0 Å². The van der Waals surface area contributed by atoms with Gasteiger partial charge >= 0.3 is 6.03 Å². The average molecular weight is 216 g/mol. The summed E-state index contributed by atoms with van der Waals surface area (Å²) in [6.45, 7) is 5.68. The van der Waals surface area contributed by atoms with Gasteiger partial charge in [-0.3, -0.25) is 0 Å². The maximum absolute atomic E-state index is 11.7. The Morgan fingerprint density at radius 2 is 1.93 bits per heavy atom. The fourth-order valence-electron chi connectivity index (χ4n) is 1.16. The van der Waals surface area contributed by atoms with Crippen LogP contribution in [0.5, 0.6) is 0 Å². The van der Waals surface area contributed by atoms with Gasteiger partial charge in [0, 0.05) is 33.1 Å². The molecule has 0 radical (unpaired) electrons. The standard InChI is InChI=1S/C9H20N4O2/c1-4-13(5-2)9(14)12(3)7-6-8(10)11-15/h15H,4-7H2,1-3H3,(H2,10,11). The van der Waals surface area contributed by atoms with Crippen LogP contribution in [0, 0.1) is 0 Å². The zero-order chi connectivity index (χ0) is 11.8. The molecule has 6 heteroatoms. The molecule has 0 bridgehead atoms. The van der Waals surface area contributed by atoms with Gasteiger partial charge in [-0.1, -0.05) is 5.16 Å². The largest absolute Gasteiger partial charge is 0.409 e. The fraction of sp³-hybridized carbons (Fsp3) is 0.778. The molecule has 0 saturated heterocycles. The minimum atomic E-state index is -0.0364. The van der Waals surface area contributed by atoms with Crippen molar-refractivity contribution in [3.8, 4) is 0 Å². The molecule has 0 atom stereocenters. The molecule has 0 aliphatic carbocycles. The number of oxime groups is 1. The SMILES string of the molecule is CCN(CC)C(=O)N(C)CCC(N)=NO. The second-order valence-corrected chi connectivity index (χ2v) is 3.22. The summed E-state index contributed by atoms with van der Waals surface area (Å²) in [6.07, 6.45) is 0.375. The van der Waals surface area contributed by atoms with Gasteiger partial charge < -0.3 is 20.7 Å². The first-order valence-corrected chi connectivity index (χ1v) is 5.03. The highest BCUT2D eigenvalue weighted by Gasteiger charge is 2.14. The monoisotopic (exact) mass is 216 g/mol. The smallest absolute Gasteiger partial charge is 0.319 e. The van der Waals surface area contributed by atoms with Crippen molar-refractivity contribution in [1.82, 2.24) is 9.80 Å². The third-order valence-electron chi connectivity index (χ3n) is 2.19. The van der Waals surface area contributed by atoms with Gasteiger partial charge in [0.25, 0.3) is 0 Å². The second kappa shape index (κ2) is 6.92. The Balaban J connectivity index is 4.09. The predicted octanol–water partition coefficient (Wildman–Crippen LogP) is 0.516. The fourth-order valence-corrected chi connectivity index (χ4v) is 1.16. The number of amidine groups is 1. The van der Waals surface area contributed by atoms with Crippen LogP contribution in [0.1, 0.15) is 20.3 Å². The van der Waals surface area contributed by atoms with Crippen LogP contribution in [0.3, 0.4) is 0 Å². The van der Waals surface area contributed by atoms with E-state index in [4.69, 9.17) is 10.9 Å². The van der Waals surface area contributed by atoms with E-state index in [0.717, 1.165) is 0 Å². The molecule has 0 aromatic rings. The van der Waals surface area contributed by atoms with E-state index in [1.807, 2.05) is 13.8 Å². The molecule has 0 aliphatic rings. The van der Waals surface area contributed by atoms with Crippen LogP contribution in [0.25, 0.3) is 0 Å².